The first-order chi connectivity index (χ1) is 7.49. The van der Waals surface area contributed by atoms with Crippen molar-refractivity contribution in [2.24, 2.45) is 5.73 Å². The Morgan fingerprint density at radius 2 is 1.94 bits per heavy atom. The highest BCUT2D eigenvalue weighted by molar-refractivity contribution is 5.48. The minimum Gasteiger partial charge on any atom is -0.366 e. The number of ether oxygens (including phenoxy) is 1. The fraction of sp³-hybridized carbons (Fsp3) is 0.917. The fourth-order valence-electron chi connectivity index (χ4n) is 1.28. The third-order valence-electron chi connectivity index (χ3n) is 1.79. The van der Waals surface area contributed by atoms with Crippen molar-refractivity contribution in [1.29, 1.82) is 0 Å². The van der Waals surface area contributed by atoms with Crippen molar-refractivity contribution in [3.05, 3.63) is 0 Å². The Labute approximate surface area is 99.2 Å². The molecule has 0 aliphatic carbocycles. The van der Waals surface area contributed by atoms with Gasteiger partial charge in [0.2, 0.25) is 0 Å². The van der Waals surface area contributed by atoms with Gasteiger partial charge in [0, 0.05) is 6.42 Å². The van der Waals surface area contributed by atoms with Crippen LogP contribution >= 0.6 is 0 Å². The van der Waals surface area contributed by atoms with E-state index in [-0.39, 0.29) is 6.10 Å². The summed E-state index contributed by atoms with van der Waals surface area (Å²) in [5.41, 5.74) is 5.42. The summed E-state index contributed by atoms with van der Waals surface area (Å²) in [6, 6.07) is 0. The van der Waals surface area contributed by atoms with Gasteiger partial charge in [0.15, 0.2) is 5.79 Å². The molecular formula is C12H27NO3. The van der Waals surface area contributed by atoms with Crippen LogP contribution in [0.15, 0.2) is 0 Å². The van der Waals surface area contributed by atoms with Gasteiger partial charge in [0.25, 0.3) is 0 Å². The van der Waals surface area contributed by atoms with Gasteiger partial charge in [-0.25, -0.2) is 0 Å². The molecule has 0 saturated carbocycles. The van der Waals surface area contributed by atoms with E-state index in [9.17, 15) is 9.90 Å². The first-order valence-corrected chi connectivity index (χ1v) is 6.03. The maximum atomic E-state index is 10.1. The molecule has 0 aromatic carbocycles. The first kappa shape index (κ1) is 17.9. The lowest BCUT2D eigenvalue weighted by Gasteiger charge is -2.26. The molecule has 98 valence electrons. The standard InChI is InChI=1S/C10H21NO3.C2H6/c1-10(2,13)14-9(6-7-11)5-3-4-8-12;1-2/h8-9,13H,3-7,11H2,1-2H3;1-2H3. The molecule has 0 fully saturated rings. The van der Waals surface area contributed by atoms with Crippen LogP contribution < -0.4 is 5.73 Å². The zero-order valence-electron chi connectivity index (χ0n) is 11.0. The number of nitrogens with two attached hydrogens (primary N) is 1. The maximum Gasteiger partial charge on any atom is 0.160 e. The average Bonchev–Trinajstić information content (AvgIpc) is 2.19. The van der Waals surface area contributed by atoms with Crippen molar-refractivity contribution in [1.82, 2.24) is 0 Å². The van der Waals surface area contributed by atoms with E-state index < -0.39 is 5.79 Å². The third kappa shape index (κ3) is 13.5. The lowest BCUT2D eigenvalue weighted by molar-refractivity contribution is -0.207. The van der Waals surface area contributed by atoms with Crippen LogP contribution in [0.2, 0.25) is 0 Å². The molecule has 0 radical (unpaired) electrons. The molecule has 4 nitrogen and oxygen atoms in total. The molecule has 0 aliphatic heterocycles. The van der Waals surface area contributed by atoms with Gasteiger partial charge >= 0.3 is 0 Å². The van der Waals surface area contributed by atoms with Crippen molar-refractivity contribution in [3.8, 4) is 0 Å². The Kier molecular flexibility index (Phi) is 12.4. The lowest BCUT2D eigenvalue weighted by atomic mass is 10.1. The molecule has 1 atom stereocenters. The Morgan fingerprint density at radius 3 is 2.31 bits per heavy atom. The second-order valence-electron chi connectivity index (χ2n) is 3.86. The Bertz CT molecular complexity index is 155. The van der Waals surface area contributed by atoms with E-state index in [1.54, 1.807) is 13.8 Å². The fourth-order valence-corrected chi connectivity index (χ4v) is 1.28. The topological polar surface area (TPSA) is 72.6 Å². The molecule has 3 N–H and O–H groups in total. The number of hydrogen-bond acceptors (Lipinski definition) is 4. The van der Waals surface area contributed by atoms with Crippen LogP contribution in [0.5, 0.6) is 0 Å². The van der Waals surface area contributed by atoms with E-state index in [4.69, 9.17) is 10.5 Å². The molecule has 0 bridgehead atoms. The van der Waals surface area contributed by atoms with Crippen molar-refractivity contribution in [3.63, 3.8) is 0 Å². The van der Waals surface area contributed by atoms with Gasteiger partial charge in [0.05, 0.1) is 6.10 Å². The van der Waals surface area contributed by atoms with Gasteiger partial charge in [-0.05, 0) is 39.7 Å². The SMILES string of the molecule is CC.CC(C)(O)OC(CCN)CCCC=O. The number of hydrogen-bond donors (Lipinski definition) is 2. The van der Waals surface area contributed by atoms with Gasteiger partial charge in [-0.2, -0.15) is 0 Å². The minimum absolute atomic E-state index is 0.0556. The molecule has 0 aromatic heterocycles. The minimum atomic E-state index is -1.12. The molecule has 0 saturated heterocycles. The van der Waals surface area contributed by atoms with Crippen LogP contribution in [0, 0.1) is 0 Å². The summed E-state index contributed by atoms with van der Waals surface area (Å²) in [7, 11) is 0. The smallest absolute Gasteiger partial charge is 0.160 e. The van der Waals surface area contributed by atoms with Gasteiger partial charge < -0.3 is 20.4 Å². The second-order valence-corrected chi connectivity index (χ2v) is 3.86. The number of carbonyl (C=O) groups is 1. The highest BCUT2D eigenvalue weighted by Crippen LogP contribution is 2.15. The van der Waals surface area contributed by atoms with Crippen molar-refractivity contribution < 1.29 is 14.6 Å². The van der Waals surface area contributed by atoms with E-state index in [0.29, 0.717) is 19.4 Å². The highest BCUT2D eigenvalue weighted by Gasteiger charge is 2.19. The number of aldehydes is 1. The Balaban J connectivity index is 0. The monoisotopic (exact) mass is 233 g/mol. The molecule has 0 aromatic rings. The Morgan fingerprint density at radius 1 is 1.38 bits per heavy atom. The largest absolute Gasteiger partial charge is 0.366 e. The van der Waals surface area contributed by atoms with E-state index in [0.717, 1.165) is 19.1 Å². The van der Waals surface area contributed by atoms with E-state index in [1.165, 1.54) is 0 Å². The quantitative estimate of drug-likeness (QED) is 0.381. The molecule has 0 spiro atoms. The lowest BCUT2D eigenvalue weighted by Crippen LogP contribution is -2.31. The molecule has 4 heteroatoms. The van der Waals surface area contributed by atoms with Crippen molar-refractivity contribution in [2.75, 3.05) is 6.54 Å². The first-order valence-electron chi connectivity index (χ1n) is 6.03. The third-order valence-corrected chi connectivity index (χ3v) is 1.79. The van der Waals surface area contributed by atoms with Crippen LogP contribution in [0.4, 0.5) is 0 Å². The van der Waals surface area contributed by atoms with Crippen LogP contribution in [0.25, 0.3) is 0 Å². The van der Waals surface area contributed by atoms with Gasteiger partial charge in [-0.1, -0.05) is 13.8 Å². The molecule has 0 heterocycles. The summed E-state index contributed by atoms with van der Waals surface area (Å²) < 4.78 is 5.38. The molecule has 16 heavy (non-hydrogen) atoms. The molecule has 1 unspecified atom stereocenters. The number of carbonyl (C=O) groups excluding carboxylic acids is 1. The van der Waals surface area contributed by atoms with E-state index in [2.05, 4.69) is 0 Å². The van der Waals surface area contributed by atoms with Crippen molar-refractivity contribution in [2.45, 2.75) is 65.3 Å². The van der Waals surface area contributed by atoms with Gasteiger partial charge in [0.1, 0.15) is 6.29 Å². The second kappa shape index (κ2) is 11.0. The number of unbranched alkanes of at least 4 members (excludes halogenated alkanes) is 1. The van der Waals surface area contributed by atoms with Crippen LogP contribution in [0.3, 0.4) is 0 Å². The van der Waals surface area contributed by atoms with E-state index >= 15 is 0 Å². The molecule has 0 amide bonds. The van der Waals surface area contributed by atoms with E-state index in [1.807, 2.05) is 13.8 Å². The van der Waals surface area contributed by atoms with Crippen LogP contribution in [0.1, 0.15) is 53.4 Å². The molecule has 0 rings (SSSR count). The summed E-state index contributed by atoms with van der Waals surface area (Å²) in [5.74, 6) is -1.12. The predicted molar refractivity (Wildman–Crippen MR) is 66.1 cm³/mol. The maximum absolute atomic E-state index is 10.1. The molecular weight excluding hydrogens is 206 g/mol. The number of rotatable bonds is 8. The Hall–Kier alpha value is -0.450. The van der Waals surface area contributed by atoms with Gasteiger partial charge in [-0.15, -0.1) is 0 Å². The summed E-state index contributed by atoms with van der Waals surface area (Å²) >= 11 is 0. The number of aliphatic hydroxyl groups is 1. The summed E-state index contributed by atoms with van der Waals surface area (Å²) in [5, 5.41) is 9.44. The van der Waals surface area contributed by atoms with Crippen molar-refractivity contribution >= 4 is 6.29 Å². The summed E-state index contributed by atoms with van der Waals surface area (Å²) in [6.45, 7) is 7.72. The highest BCUT2D eigenvalue weighted by atomic mass is 16.6. The van der Waals surface area contributed by atoms with Gasteiger partial charge in [-0.3, -0.25) is 0 Å². The zero-order chi connectivity index (χ0) is 13.0. The molecule has 0 aliphatic rings. The summed E-state index contributed by atoms with van der Waals surface area (Å²) in [6.07, 6.45) is 3.63. The average molecular weight is 233 g/mol. The van der Waals surface area contributed by atoms with Crippen LogP contribution in [-0.2, 0) is 9.53 Å². The predicted octanol–water partition coefficient (Wildman–Crippen LogP) is 1.84. The zero-order valence-corrected chi connectivity index (χ0v) is 11.0. The summed E-state index contributed by atoms with van der Waals surface area (Å²) in [4.78, 5) is 10.1. The van der Waals surface area contributed by atoms with Crippen LogP contribution in [-0.4, -0.2) is 29.8 Å². The normalized spacial score (nSPS) is 12.6.